The van der Waals surface area contributed by atoms with Gasteiger partial charge in [-0.3, -0.25) is 0 Å². The number of imidazole rings is 1. The van der Waals surface area contributed by atoms with Crippen LogP contribution in [-0.4, -0.2) is 33.0 Å². The Morgan fingerprint density at radius 3 is 2.94 bits per heavy atom. The Balaban J connectivity index is 1.96. The van der Waals surface area contributed by atoms with Crippen molar-refractivity contribution in [2.75, 3.05) is 17.7 Å². The molecule has 6 heteroatoms. The van der Waals surface area contributed by atoms with Gasteiger partial charge in [0.2, 0.25) is 5.95 Å². The number of hydrogen-bond acceptors (Lipinski definition) is 5. The van der Waals surface area contributed by atoms with Crippen molar-refractivity contribution in [3.8, 4) is 0 Å². The van der Waals surface area contributed by atoms with E-state index in [1.165, 1.54) is 19.3 Å². The quantitative estimate of drug-likeness (QED) is 0.772. The van der Waals surface area contributed by atoms with Gasteiger partial charge in [-0.1, -0.05) is 13.3 Å². The maximum Gasteiger partial charge on any atom is 0.226 e. The van der Waals surface area contributed by atoms with Crippen molar-refractivity contribution in [1.29, 1.82) is 0 Å². The number of aromatic nitrogens is 4. The van der Waals surface area contributed by atoms with Gasteiger partial charge in [0, 0.05) is 13.1 Å². The minimum absolute atomic E-state index is 0.496. The third-order valence-corrected chi connectivity index (χ3v) is 3.69. The topological polar surface area (TPSA) is 78.5 Å². The van der Waals surface area contributed by atoms with Gasteiger partial charge in [0.15, 0.2) is 11.5 Å². The summed E-state index contributed by atoms with van der Waals surface area (Å²) in [6.07, 6.45) is 5.43. The molecule has 0 aliphatic heterocycles. The minimum Gasteiger partial charge on any atom is -0.365 e. The average Bonchev–Trinajstić information content (AvgIpc) is 2.98. The predicted octanol–water partition coefficient (Wildman–Crippen LogP) is 2.00. The fourth-order valence-corrected chi connectivity index (χ4v) is 2.58. The zero-order valence-electron chi connectivity index (χ0n) is 10.7. The molecule has 6 nitrogen and oxygen atoms in total. The van der Waals surface area contributed by atoms with Gasteiger partial charge in [0.25, 0.3) is 0 Å². The molecule has 0 spiro atoms. The zero-order chi connectivity index (χ0) is 12.5. The van der Waals surface area contributed by atoms with Crippen LogP contribution in [0.3, 0.4) is 0 Å². The van der Waals surface area contributed by atoms with Crippen molar-refractivity contribution in [2.24, 2.45) is 5.92 Å². The van der Waals surface area contributed by atoms with Gasteiger partial charge in [-0.25, -0.2) is 4.98 Å². The SMILES string of the molecule is CNc1nc(NC2CCCC2C)c2[nH]cnc2n1. The summed E-state index contributed by atoms with van der Waals surface area (Å²) in [6, 6.07) is 0.496. The molecule has 0 bridgehead atoms. The maximum absolute atomic E-state index is 4.48. The van der Waals surface area contributed by atoms with E-state index in [9.17, 15) is 0 Å². The van der Waals surface area contributed by atoms with E-state index in [1.54, 1.807) is 6.33 Å². The smallest absolute Gasteiger partial charge is 0.226 e. The van der Waals surface area contributed by atoms with Gasteiger partial charge in [0.05, 0.1) is 6.33 Å². The number of aromatic amines is 1. The number of fused-ring (bicyclic) bond motifs is 1. The Morgan fingerprint density at radius 2 is 2.22 bits per heavy atom. The fourth-order valence-electron chi connectivity index (χ4n) is 2.58. The van der Waals surface area contributed by atoms with Gasteiger partial charge >= 0.3 is 0 Å². The molecule has 1 saturated carbocycles. The third-order valence-electron chi connectivity index (χ3n) is 3.69. The molecule has 3 N–H and O–H groups in total. The Morgan fingerprint density at radius 1 is 1.33 bits per heavy atom. The van der Waals surface area contributed by atoms with Crippen LogP contribution >= 0.6 is 0 Å². The standard InChI is InChI=1S/C12H18N6/c1-7-4-3-5-8(7)16-11-9-10(15-6-14-9)17-12(13-2)18-11/h6-8H,3-5H2,1-2H3,(H3,13,14,15,16,17,18). The zero-order valence-corrected chi connectivity index (χ0v) is 10.7. The molecular formula is C12H18N6. The Hall–Kier alpha value is -1.85. The van der Waals surface area contributed by atoms with Crippen molar-refractivity contribution in [3.63, 3.8) is 0 Å². The van der Waals surface area contributed by atoms with E-state index in [1.807, 2.05) is 7.05 Å². The lowest BCUT2D eigenvalue weighted by molar-refractivity contribution is 0.555. The van der Waals surface area contributed by atoms with Gasteiger partial charge in [-0.05, 0) is 18.8 Å². The van der Waals surface area contributed by atoms with Crippen LogP contribution in [0.25, 0.3) is 11.2 Å². The molecule has 3 rings (SSSR count). The minimum atomic E-state index is 0.496. The number of rotatable bonds is 3. The molecule has 0 amide bonds. The summed E-state index contributed by atoms with van der Waals surface area (Å²) in [5.41, 5.74) is 1.58. The van der Waals surface area contributed by atoms with E-state index in [0.717, 1.165) is 11.3 Å². The van der Waals surface area contributed by atoms with E-state index in [0.29, 0.717) is 23.6 Å². The second-order valence-corrected chi connectivity index (χ2v) is 4.91. The third kappa shape index (κ3) is 1.87. The number of anilines is 2. The summed E-state index contributed by atoms with van der Waals surface area (Å²) in [6.45, 7) is 2.29. The second-order valence-electron chi connectivity index (χ2n) is 4.91. The van der Waals surface area contributed by atoms with E-state index >= 15 is 0 Å². The molecule has 18 heavy (non-hydrogen) atoms. The highest BCUT2D eigenvalue weighted by Gasteiger charge is 2.24. The fraction of sp³-hybridized carbons (Fsp3) is 0.583. The number of H-pyrrole nitrogens is 1. The summed E-state index contributed by atoms with van der Waals surface area (Å²) in [5, 5.41) is 6.50. The molecule has 2 aromatic heterocycles. The monoisotopic (exact) mass is 246 g/mol. The summed E-state index contributed by atoms with van der Waals surface area (Å²) < 4.78 is 0. The molecule has 2 aromatic rings. The first kappa shape index (κ1) is 11.3. The lowest BCUT2D eigenvalue weighted by Gasteiger charge is -2.18. The van der Waals surface area contributed by atoms with Crippen LogP contribution in [0.5, 0.6) is 0 Å². The van der Waals surface area contributed by atoms with E-state index in [2.05, 4.69) is 37.5 Å². The van der Waals surface area contributed by atoms with E-state index in [-0.39, 0.29) is 0 Å². The van der Waals surface area contributed by atoms with Crippen LogP contribution in [0.2, 0.25) is 0 Å². The maximum atomic E-state index is 4.48. The Kier molecular flexibility index (Phi) is 2.77. The summed E-state index contributed by atoms with van der Waals surface area (Å²) >= 11 is 0. The van der Waals surface area contributed by atoms with Crippen LogP contribution in [0, 0.1) is 5.92 Å². The van der Waals surface area contributed by atoms with E-state index in [4.69, 9.17) is 0 Å². The highest BCUT2D eigenvalue weighted by molar-refractivity contribution is 5.83. The van der Waals surface area contributed by atoms with Crippen molar-refractivity contribution >= 4 is 22.9 Å². The van der Waals surface area contributed by atoms with Crippen LogP contribution in [0.4, 0.5) is 11.8 Å². The highest BCUT2D eigenvalue weighted by Crippen LogP contribution is 2.29. The van der Waals surface area contributed by atoms with Crippen molar-refractivity contribution < 1.29 is 0 Å². The number of hydrogen-bond donors (Lipinski definition) is 3. The van der Waals surface area contributed by atoms with Gasteiger partial charge < -0.3 is 15.6 Å². The average molecular weight is 246 g/mol. The molecule has 1 fully saturated rings. The van der Waals surface area contributed by atoms with Crippen molar-refractivity contribution in [2.45, 2.75) is 32.2 Å². The molecule has 0 aromatic carbocycles. The molecule has 2 atom stereocenters. The molecular weight excluding hydrogens is 228 g/mol. The van der Waals surface area contributed by atoms with Gasteiger partial charge in [-0.2, -0.15) is 9.97 Å². The highest BCUT2D eigenvalue weighted by atomic mass is 15.2. The van der Waals surface area contributed by atoms with Crippen molar-refractivity contribution in [3.05, 3.63) is 6.33 Å². The normalized spacial score (nSPS) is 23.4. The van der Waals surface area contributed by atoms with Crippen LogP contribution < -0.4 is 10.6 Å². The largest absolute Gasteiger partial charge is 0.365 e. The first-order valence-corrected chi connectivity index (χ1v) is 6.43. The van der Waals surface area contributed by atoms with E-state index < -0.39 is 0 Å². The first-order valence-electron chi connectivity index (χ1n) is 6.43. The van der Waals surface area contributed by atoms with Gasteiger partial charge in [-0.15, -0.1) is 0 Å². The lowest BCUT2D eigenvalue weighted by atomic mass is 10.1. The molecule has 1 aliphatic rings. The lowest BCUT2D eigenvalue weighted by Crippen LogP contribution is -2.23. The van der Waals surface area contributed by atoms with Crippen LogP contribution in [0.1, 0.15) is 26.2 Å². The van der Waals surface area contributed by atoms with Crippen LogP contribution in [0.15, 0.2) is 6.33 Å². The van der Waals surface area contributed by atoms with Crippen molar-refractivity contribution in [1.82, 2.24) is 19.9 Å². The number of nitrogens with zero attached hydrogens (tertiary/aromatic N) is 3. The molecule has 0 saturated heterocycles. The molecule has 96 valence electrons. The molecule has 0 radical (unpaired) electrons. The van der Waals surface area contributed by atoms with Gasteiger partial charge in [0.1, 0.15) is 5.52 Å². The molecule has 2 heterocycles. The second kappa shape index (κ2) is 4.44. The first-order chi connectivity index (χ1) is 8.78. The predicted molar refractivity (Wildman–Crippen MR) is 71.7 cm³/mol. The molecule has 1 aliphatic carbocycles. The Labute approximate surface area is 106 Å². The van der Waals surface area contributed by atoms with Crippen LogP contribution in [-0.2, 0) is 0 Å². The number of nitrogens with one attached hydrogen (secondary N) is 3. The summed E-state index contributed by atoms with van der Waals surface area (Å²) in [5.74, 6) is 2.14. The Bertz CT molecular complexity index is 548. The molecule has 2 unspecified atom stereocenters. The summed E-state index contributed by atoms with van der Waals surface area (Å²) in [7, 11) is 1.82. The summed E-state index contributed by atoms with van der Waals surface area (Å²) in [4.78, 5) is 16.1.